The molecule has 2 heterocycles. The zero-order chi connectivity index (χ0) is 11.2. The van der Waals surface area contributed by atoms with E-state index in [0.717, 1.165) is 24.6 Å². The van der Waals surface area contributed by atoms with Gasteiger partial charge in [0.2, 0.25) is 5.76 Å². The van der Waals surface area contributed by atoms with Gasteiger partial charge in [0.25, 0.3) is 0 Å². The third-order valence-electron chi connectivity index (χ3n) is 2.16. The highest BCUT2D eigenvalue weighted by Crippen LogP contribution is 2.05. The fourth-order valence-corrected chi connectivity index (χ4v) is 1.39. The molecule has 5 nitrogen and oxygen atoms in total. The lowest BCUT2D eigenvalue weighted by molar-refractivity contribution is 0.474. The standard InChI is InChI=1S/C11H12N4O/c12-7-9-1-2-10(16-9)8-13-4-3-11-14-5-6-15-11/h1-2,5-6,13H,3-4,8H2,(H,14,15). The van der Waals surface area contributed by atoms with Crippen LogP contribution in [0.4, 0.5) is 0 Å². The fourth-order valence-electron chi connectivity index (χ4n) is 1.39. The van der Waals surface area contributed by atoms with Crippen LogP contribution in [-0.4, -0.2) is 16.5 Å². The van der Waals surface area contributed by atoms with Gasteiger partial charge in [-0.25, -0.2) is 4.98 Å². The Kier molecular flexibility index (Phi) is 3.36. The number of H-pyrrole nitrogens is 1. The molecule has 82 valence electrons. The first kappa shape index (κ1) is 10.5. The van der Waals surface area contributed by atoms with Crippen LogP contribution in [0.15, 0.2) is 28.9 Å². The van der Waals surface area contributed by atoms with E-state index in [1.165, 1.54) is 0 Å². The first-order valence-electron chi connectivity index (χ1n) is 5.06. The maximum atomic E-state index is 8.57. The molecule has 0 amide bonds. The molecule has 0 aliphatic carbocycles. The average molecular weight is 216 g/mol. The van der Waals surface area contributed by atoms with Gasteiger partial charge in [-0.3, -0.25) is 0 Å². The van der Waals surface area contributed by atoms with E-state index in [9.17, 15) is 0 Å². The van der Waals surface area contributed by atoms with E-state index in [1.807, 2.05) is 6.07 Å². The predicted octanol–water partition coefficient (Wildman–Crippen LogP) is 1.21. The molecule has 0 aromatic carbocycles. The number of rotatable bonds is 5. The second-order valence-electron chi connectivity index (χ2n) is 3.34. The number of hydrogen-bond donors (Lipinski definition) is 2. The van der Waals surface area contributed by atoms with E-state index in [2.05, 4.69) is 15.3 Å². The normalized spacial score (nSPS) is 10.2. The monoisotopic (exact) mass is 216 g/mol. The second-order valence-corrected chi connectivity index (χ2v) is 3.34. The molecule has 0 aliphatic heterocycles. The van der Waals surface area contributed by atoms with Crippen LogP contribution < -0.4 is 5.32 Å². The number of nitrogens with one attached hydrogen (secondary N) is 2. The van der Waals surface area contributed by atoms with Gasteiger partial charge < -0.3 is 14.7 Å². The lowest BCUT2D eigenvalue weighted by atomic mass is 10.4. The van der Waals surface area contributed by atoms with Crippen molar-refractivity contribution in [1.82, 2.24) is 15.3 Å². The van der Waals surface area contributed by atoms with Gasteiger partial charge in [0.05, 0.1) is 6.54 Å². The summed E-state index contributed by atoms with van der Waals surface area (Å²) in [6.07, 6.45) is 4.39. The Morgan fingerprint density at radius 3 is 3.12 bits per heavy atom. The van der Waals surface area contributed by atoms with Gasteiger partial charge in [0, 0.05) is 25.4 Å². The summed E-state index contributed by atoms with van der Waals surface area (Å²) in [5.41, 5.74) is 0. The van der Waals surface area contributed by atoms with Crippen LogP contribution in [0.1, 0.15) is 17.3 Å². The summed E-state index contributed by atoms with van der Waals surface area (Å²) in [5, 5.41) is 11.8. The molecular formula is C11H12N4O. The van der Waals surface area contributed by atoms with Crippen molar-refractivity contribution in [3.05, 3.63) is 41.9 Å². The summed E-state index contributed by atoms with van der Waals surface area (Å²) in [7, 11) is 0. The summed E-state index contributed by atoms with van der Waals surface area (Å²) < 4.78 is 5.22. The Hall–Kier alpha value is -2.06. The topological polar surface area (TPSA) is 77.6 Å². The van der Waals surface area contributed by atoms with Crippen LogP contribution in [-0.2, 0) is 13.0 Å². The second kappa shape index (κ2) is 5.14. The number of aromatic nitrogens is 2. The maximum Gasteiger partial charge on any atom is 0.203 e. The molecule has 0 aliphatic rings. The first-order valence-corrected chi connectivity index (χ1v) is 5.06. The number of furan rings is 1. The summed E-state index contributed by atoms with van der Waals surface area (Å²) in [6, 6.07) is 5.42. The number of nitrogens with zero attached hydrogens (tertiary/aromatic N) is 2. The quantitative estimate of drug-likeness (QED) is 0.736. The van der Waals surface area contributed by atoms with Gasteiger partial charge in [-0.1, -0.05) is 0 Å². The molecule has 2 N–H and O–H groups in total. The van der Waals surface area contributed by atoms with Crippen molar-refractivity contribution in [1.29, 1.82) is 5.26 Å². The van der Waals surface area contributed by atoms with E-state index in [0.29, 0.717) is 12.3 Å². The van der Waals surface area contributed by atoms with Crippen molar-refractivity contribution in [3.63, 3.8) is 0 Å². The molecule has 0 saturated heterocycles. The number of aromatic amines is 1. The highest BCUT2D eigenvalue weighted by molar-refractivity contribution is 5.18. The summed E-state index contributed by atoms with van der Waals surface area (Å²) in [5.74, 6) is 2.09. The summed E-state index contributed by atoms with van der Waals surface area (Å²) >= 11 is 0. The zero-order valence-corrected chi connectivity index (χ0v) is 8.73. The Morgan fingerprint density at radius 2 is 2.44 bits per heavy atom. The molecule has 0 fully saturated rings. The van der Waals surface area contributed by atoms with Crippen LogP contribution in [0, 0.1) is 11.3 Å². The molecule has 5 heteroatoms. The Morgan fingerprint density at radius 1 is 1.50 bits per heavy atom. The zero-order valence-electron chi connectivity index (χ0n) is 8.73. The lowest BCUT2D eigenvalue weighted by Gasteiger charge is -2.00. The molecule has 16 heavy (non-hydrogen) atoms. The van der Waals surface area contributed by atoms with Gasteiger partial charge in [0.1, 0.15) is 17.7 Å². The molecule has 0 bridgehead atoms. The fraction of sp³-hybridized carbons (Fsp3) is 0.273. The van der Waals surface area contributed by atoms with Crippen LogP contribution >= 0.6 is 0 Å². The maximum absolute atomic E-state index is 8.57. The minimum atomic E-state index is 0.350. The van der Waals surface area contributed by atoms with Crippen LogP contribution in [0.5, 0.6) is 0 Å². The highest BCUT2D eigenvalue weighted by atomic mass is 16.3. The Bertz CT molecular complexity index is 466. The number of hydrogen-bond acceptors (Lipinski definition) is 4. The lowest BCUT2D eigenvalue weighted by Crippen LogP contribution is -2.16. The van der Waals surface area contributed by atoms with Gasteiger partial charge in [0.15, 0.2) is 0 Å². The Balaban J connectivity index is 1.70. The summed E-state index contributed by atoms with van der Waals surface area (Å²) in [4.78, 5) is 7.15. The van der Waals surface area contributed by atoms with E-state index in [4.69, 9.17) is 9.68 Å². The van der Waals surface area contributed by atoms with Crippen molar-refractivity contribution in [2.24, 2.45) is 0 Å². The van der Waals surface area contributed by atoms with Gasteiger partial charge in [-0.2, -0.15) is 5.26 Å². The minimum absolute atomic E-state index is 0.350. The largest absolute Gasteiger partial charge is 0.449 e. The Labute approximate surface area is 93.1 Å². The van der Waals surface area contributed by atoms with Crippen LogP contribution in [0.25, 0.3) is 0 Å². The smallest absolute Gasteiger partial charge is 0.203 e. The van der Waals surface area contributed by atoms with E-state index in [-0.39, 0.29) is 0 Å². The van der Waals surface area contributed by atoms with E-state index in [1.54, 1.807) is 24.5 Å². The third kappa shape index (κ3) is 2.72. The predicted molar refractivity (Wildman–Crippen MR) is 57.4 cm³/mol. The molecule has 2 rings (SSSR count). The molecule has 0 unspecified atom stereocenters. The SMILES string of the molecule is N#Cc1ccc(CNCCc2ncc[nH]2)o1. The molecule has 2 aromatic heterocycles. The number of imidazole rings is 1. The average Bonchev–Trinajstić information content (AvgIpc) is 2.95. The highest BCUT2D eigenvalue weighted by Gasteiger charge is 2.00. The molecule has 0 atom stereocenters. The van der Waals surface area contributed by atoms with E-state index < -0.39 is 0 Å². The van der Waals surface area contributed by atoms with Crippen molar-refractivity contribution >= 4 is 0 Å². The molecule has 0 radical (unpaired) electrons. The molecule has 0 saturated carbocycles. The summed E-state index contributed by atoms with van der Waals surface area (Å²) in [6.45, 7) is 1.44. The number of nitriles is 1. The first-order chi connectivity index (χ1) is 7.88. The van der Waals surface area contributed by atoms with Gasteiger partial charge >= 0.3 is 0 Å². The minimum Gasteiger partial charge on any atom is -0.449 e. The van der Waals surface area contributed by atoms with E-state index >= 15 is 0 Å². The van der Waals surface area contributed by atoms with Crippen molar-refractivity contribution < 1.29 is 4.42 Å². The molecule has 0 spiro atoms. The third-order valence-corrected chi connectivity index (χ3v) is 2.16. The van der Waals surface area contributed by atoms with Crippen LogP contribution in [0.2, 0.25) is 0 Å². The van der Waals surface area contributed by atoms with Gasteiger partial charge in [-0.05, 0) is 12.1 Å². The van der Waals surface area contributed by atoms with Crippen molar-refractivity contribution in [3.8, 4) is 6.07 Å². The molecule has 2 aromatic rings. The molecular weight excluding hydrogens is 204 g/mol. The van der Waals surface area contributed by atoms with Crippen molar-refractivity contribution in [2.45, 2.75) is 13.0 Å². The van der Waals surface area contributed by atoms with Gasteiger partial charge in [-0.15, -0.1) is 0 Å². The van der Waals surface area contributed by atoms with Crippen molar-refractivity contribution in [2.75, 3.05) is 6.54 Å². The van der Waals surface area contributed by atoms with Crippen LogP contribution in [0.3, 0.4) is 0 Å².